The van der Waals surface area contributed by atoms with Crippen molar-refractivity contribution in [3.63, 3.8) is 0 Å². The standard InChI is InChI=1S/C19H35IN2O6/c1-16(2)17(23)5-6-18(24)21-7-3-9-26-11-13-28-14-12-27-10-4-8-22-19(25)15-20/h16H,3-15H2,1-2H3,(H,21,24)(H,22,25). The van der Waals surface area contributed by atoms with E-state index in [2.05, 4.69) is 10.6 Å². The molecule has 0 aromatic carbocycles. The Hall–Kier alpha value is -0.780. The Labute approximate surface area is 181 Å². The van der Waals surface area contributed by atoms with Gasteiger partial charge >= 0.3 is 0 Å². The normalized spacial score (nSPS) is 10.9. The summed E-state index contributed by atoms with van der Waals surface area (Å²) in [7, 11) is 0. The molecule has 0 aromatic heterocycles. The van der Waals surface area contributed by atoms with Crippen molar-refractivity contribution in [2.75, 3.05) is 57.2 Å². The van der Waals surface area contributed by atoms with Crippen molar-refractivity contribution < 1.29 is 28.6 Å². The van der Waals surface area contributed by atoms with Gasteiger partial charge in [0.1, 0.15) is 5.78 Å². The van der Waals surface area contributed by atoms with Crippen molar-refractivity contribution >= 4 is 40.2 Å². The van der Waals surface area contributed by atoms with Gasteiger partial charge in [0.05, 0.1) is 30.9 Å². The maximum Gasteiger partial charge on any atom is 0.229 e. The third-order valence-electron chi connectivity index (χ3n) is 3.68. The molecule has 0 aliphatic heterocycles. The first-order valence-corrected chi connectivity index (χ1v) is 11.3. The van der Waals surface area contributed by atoms with Crippen molar-refractivity contribution in [2.45, 2.75) is 39.5 Å². The zero-order chi connectivity index (χ0) is 21.0. The van der Waals surface area contributed by atoms with Crippen LogP contribution in [0.3, 0.4) is 0 Å². The number of ketones is 1. The number of halogens is 1. The zero-order valence-corrected chi connectivity index (χ0v) is 19.3. The largest absolute Gasteiger partial charge is 0.379 e. The summed E-state index contributed by atoms with van der Waals surface area (Å²) in [6.45, 7) is 8.02. The van der Waals surface area contributed by atoms with E-state index in [0.717, 1.165) is 12.8 Å². The molecule has 0 saturated carbocycles. The van der Waals surface area contributed by atoms with Crippen LogP contribution in [-0.2, 0) is 28.6 Å². The van der Waals surface area contributed by atoms with E-state index in [-0.39, 0.29) is 29.9 Å². The number of nitrogens with one attached hydrogen (secondary N) is 2. The summed E-state index contributed by atoms with van der Waals surface area (Å²) in [6, 6.07) is 0. The Bertz CT molecular complexity index is 435. The average Bonchev–Trinajstić information content (AvgIpc) is 2.68. The average molecular weight is 514 g/mol. The third-order valence-corrected chi connectivity index (χ3v) is 4.38. The van der Waals surface area contributed by atoms with Crippen LogP contribution in [0.25, 0.3) is 0 Å². The van der Waals surface area contributed by atoms with Gasteiger partial charge in [0, 0.05) is 45.1 Å². The molecule has 2 amide bonds. The van der Waals surface area contributed by atoms with Crippen LogP contribution in [0.2, 0.25) is 0 Å². The molecule has 0 radical (unpaired) electrons. The predicted molar refractivity (Wildman–Crippen MR) is 116 cm³/mol. The van der Waals surface area contributed by atoms with E-state index in [1.165, 1.54) is 0 Å². The van der Waals surface area contributed by atoms with Crippen LogP contribution >= 0.6 is 22.6 Å². The Morgan fingerprint density at radius 2 is 1.21 bits per heavy atom. The zero-order valence-electron chi connectivity index (χ0n) is 17.1. The van der Waals surface area contributed by atoms with Crippen LogP contribution < -0.4 is 10.6 Å². The van der Waals surface area contributed by atoms with Gasteiger partial charge in [0.2, 0.25) is 11.8 Å². The smallest absolute Gasteiger partial charge is 0.229 e. The summed E-state index contributed by atoms with van der Waals surface area (Å²) in [5.74, 6) is 0.0489. The van der Waals surface area contributed by atoms with Gasteiger partial charge in [-0.15, -0.1) is 0 Å². The molecule has 8 nitrogen and oxygen atoms in total. The molecular formula is C19H35IN2O6. The van der Waals surface area contributed by atoms with Crippen LogP contribution in [0.15, 0.2) is 0 Å². The number of alkyl halides is 1. The highest BCUT2D eigenvalue weighted by molar-refractivity contribution is 14.1. The minimum absolute atomic E-state index is 0.0190. The van der Waals surface area contributed by atoms with Crippen LogP contribution in [0, 0.1) is 5.92 Å². The quantitative estimate of drug-likeness (QED) is 0.154. The number of hydrogen-bond donors (Lipinski definition) is 2. The maximum absolute atomic E-state index is 11.6. The van der Waals surface area contributed by atoms with Crippen molar-refractivity contribution in [2.24, 2.45) is 5.92 Å². The van der Waals surface area contributed by atoms with E-state index in [0.29, 0.717) is 63.6 Å². The van der Waals surface area contributed by atoms with Crippen LogP contribution in [0.1, 0.15) is 39.5 Å². The number of rotatable bonds is 19. The molecule has 0 aromatic rings. The van der Waals surface area contributed by atoms with Crippen LogP contribution in [-0.4, -0.2) is 74.8 Å². The monoisotopic (exact) mass is 514 g/mol. The Morgan fingerprint density at radius 3 is 1.68 bits per heavy atom. The summed E-state index contributed by atoms with van der Waals surface area (Å²) >= 11 is 2.02. The molecule has 0 unspecified atom stereocenters. The fraction of sp³-hybridized carbons (Fsp3) is 0.842. The van der Waals surface area contributed by atoms with E-state index >= 15 is 0 Å². The fourth-order valence-corrected chi connectivity index (χ4v) is 2.28. The molecule has 28 heavy (non-hydrogen) atoms. The van der Waals surface area contributed by atoms with E-state index in [4.69, 9.17) is 14.2 Å². The second-order valence-electron chi connectivity index (χ2n) is 6.50. The number of ether oxygens (including phenoxy) is 3. The molecule has 0 aliphatic rings. The second kappa shape index (κ2) is 19.5. The number of amides is 2. The highest BCUT2D eigenvalue weighted by Gasteiger charge is 2.09. The topological polar surface area (TPSA) is 103 Å². The Kier molecular flexibility index (Phi) is 19.0. The van der Waals surface area contributed by atoms with Gasteiger partial charge in [-0.1, -0.05) is 36.4 Å². The molecule has 0 atom stereocenters. The highest BCUT2D eigenvalue weighted by atomic mass is 127. The van der Waals surface area contributed by atoms with E-state index in [1.54, 1.807) is 0 Å². The number of hydrogen-bond acceptors (Lipinski definition) is 6. The van der Waals surface area contributed by atoms with Gasteiger partial charge in [-0.2, -0.15) is 0 Å². The SMILES string of the molecule is CC(C)C(=O)CCC(=O)NCCCOCCOCCOCCCNC(=O)CI. The van der Waals surface area contributed by atoms with Gasteiger partial charge < -0.3 is 24.8 Å². The van der Waals surface area contributed by atoms with Crippen LogP contribution in [0.4, 0.5) is 0 Å². The van der Waals surface area contributed by atoms with E-state index < -0.39 is 0 Å². The maximum atomic E-state index is 11.6. The molecule has 0 saturated heterocycles. The molecular weight excluding hydrogens is 479 g/mol. The van der Waals surface area contributed by atoms with Gasteiger partial charge in [-0.05, 0) is 12.8 Å². The third kappa shape index (κ3) is 18.6. The van der Waals surface area contributed by atoms with Gasteiger partial charge in [0.25, 0.3) is 0 Å². The molecule has 0 bridgehead atoms. The van der Waals surface area contributed by atoms with Crippen molar-refractivity contribution in [3.05, 3.63) is 0 Å². The molecule has 164 valence electrons. The highest BCUT2D eigenvalue weighted by Crippen LogP contribution is 2.01. The molecule has 2 N–H and O–H groups in total. The lowest BCUT2D eigenvalue weighted by molar-refractivity contribution is -0.126. The Balaban J connectivity index is 3.22. The first kappa shape index (κ1) is 27.2. The fourth-order valence-electron chi connectivity index (χ4n) is 2.01. The summed E-state index contributed by atoms with van der Waals surface area (Å²) in [6.07, 6.45) is 2.06. The second-order valence-corrected chi connectivity index (χ2v) is 7.26. The molecule has 0 fully saturated rings. The van der Waals surface area contributed by atoms with Crippen LogP contribution in [0.5, 0.6) is 0 Å². The molecule has 9 heteroatoms. The van der Waals surface area contributed by atoms with E-state index in [1.807, 2.05) is 36.4 Å². The van der Waals surface area contributed by atoms with E-state index in [9.17, 15) is 14.4 Å². The predicted octanol–water partition coefficient (Wildman–Crippen LogP) is 1.49. The van der Waals surface area contributed by atoms with Gasteiger partial charge in [-0.25, -0.2) is 0 Å². The molecule has 0 heterocycles. The summed E-state index contributed by atoms with van der Waals surface area (Å²) in [5.41, 5.74) is 0. The minimum atomic E-state index is -0.0929. The lowest BCUT2D eigenvalue weighted by Crippen LogP contribution is -2.26. The Morgan fingerprint density at radius 1 is 0.750 bits per heavy atom. The summed E-state index contributed by atoms with van der Waals surface area (Å²) in [4.78, 5) is 34.0. The van der Waals surface area contributed by atoms with Gasteiger partial charge in [0.15, 0.2) is 0 Å². The molecule has 0 rings (SSSR count). The van der Waals surface area contributed by atoms with Crippen molar-refractivity contribution in [1.29, 1.82) is 0 Å². The lowest BCUT2D eigenvalue weighted by atomic mass is 10.0. The minimum Gasteiger partial charge on any atom is -0.379 e. The van der Waals surface area contributed by atoms with Crippen molar-refractivity contribution in [3.8, 4) is 0 Å². The lowest BCUT2D eigenvalue weighted by Gasteiger charge is -2.08. The first-order chi connectivity index (χ1) is 13.5. The summed E-state index contributed by atoms with van der Waals surface area (Å²) < 4.78 is 16.7. The molecule has 0 spiro atoms. The van der Waals surface area contributed by atoms with Gasteiger partial charge in [-0.3, -0.25) is 14.4 Å². The number of carbonyl (C=O) groups excluding carboxylic acids is 3. The molecule has 0 aliphatic carbocycles. The first-order valence-electron chi connectivity index (χ1n) is 9.82. The number of Topliss-reactive ketones (excluding diaryl/α,β-unsaturated/α-hetero) is 1. The summed E-state index contributed by atoms with van der Waals surface area (Å²) in [5, 5.41) is 5.57. The number of carbonyl (C=O) groups is 3. The van der Waals surface area contributed by atoms with Crippen molar-refractivity contribution in [1.82, 2.24) is 10.6 Å².